The summed E-state index contributed by atoms with van der Waals surface area (Å²) >= 11 is 0. The van der Waals surface area contributed by atoms with Gasteiger partial charge in [-0.05, 0) is 6.07 Å². The highest BCUT2D eigenvalue weighted by molar-refractivity contribution is 5.85. The van der Waals surface area contributed by atoms with Gasteiger partial charge in [-0.1, -0.05) is 13.8 Å². The van der Waals surface area contributed by atoms with Crippen molar-refractivity contribution in [3.8, 4) is 11.5 Å². The van der Waals surface area contributed by atoms with E-state index in [2.05, 4.69) is 5.32 Å². The van der Waals surface area contributed by atoms with Crippen LogP contribution in [0.15, 0.2) is 12.1 Å². The smallest absolute Gasteiger partial charge is 0.407 e. The molecule has 1 fully saturated rings. The quantitative estimate of drug-likeness (QED) is 0.930. The fourth-order valence-corrected chi connectivity index (χ4v) is 2.28. The van der Waals surface area contributed by atoms with Crippen molar-refractivity contribution < 1.29 is 23.4 Å². The summed E-state index contributed by atoms with van der Waals surface area (Å²) in [5.74, 6) is 0.272. The van der Waals surface area contributed by atoms with E-state index in [1.165, 1.54) is 20.3 Å². The van der Waals surface area contributed by atoms with Gasteiger partial charge in [-0.15, -0.1) is 12.4 Å². The minimum absolute atomic E-state index is 0. The van der Waals surface area contributed by atoms with E-state index >= 15 is 0 Å². The number of amides is 1. The van der Waals surface area contributed by atoms with Gasteiger partial charge in [-0.3, -0.25) is 0 Å². The van der Waals surface area contributed by atoms with Gasteiger partial charge in [0.25, 0.3) is 0 Å². The van der Waals surface area contributed by atoms with E-state index in [0.29, 0.717) is 17.1 Å². The third kappa shape index (κ3) is 3.32. The number of benzene rings is 1. The molecule has 5 nitrogen and oxygen atoms in total. The monoisotopic (exact) mass is 319 g/mol. The van der Waals surface area contributed by atoms with Crippen LogP contribution < -0.4 is 14.8 Å². The minimum atomic E-state index is -0.552. The summed E-state index contributed by atoms with van der Waals surface area (Å²) in [6, 6.07) is 2.31. The number of carbonyl (C=O) groups is 1. The first-order chi connectivity index (χ1) is 9.39. The second kappa shape index (κ2) is 6.39. The second-order valence-electron chi connectivity index (χ2n) is 5.37. The molecule has 1 N–H and O–H groups in total. The number of methoxy groups -OCH3 is 2. The van der Waals surface area contributed by atoms with Crippen LogP contribution >= 0.6 is 12.4 Å². The molecule has 1 heterocycles. The molecule has 1 amide bonds. The average Bonchev–Trinajstić information content (AvgIpc) is 2.41. The zero-order valence-corrected chi connectivity index (χ0v) is 13.2. The van der Waals surface area contributed by atoms with Crippen LogP contribution in [0.5, 0.6) is 11.5 Å². The first-order valence-electron chi connectivity index (χ1n) is 6.23. The molecular formula is C14H19ClFNO4. The number of ether oxygens (including phenoxy) is 3. The maximum atomic E-state index is 14.3. The summed E-state index contributed by atoms with van der Waals surface area (Å²) in [4.78, 5) is 11.4. The molecule has 21 heavy (non-hydrogen) atoms. The van der Waals surface area contributed by atoms with Gasteiger partial charge in [0.05, 0.1) is 20.3 Å². The van der Waals surface area contributed by atoms with Crippen molar-refractivity contribution in [2.45, 2.75) is 19.9 Å². The molecular weight excluding hydrogens is 301 g/mol. The lowest BCUT2D eigenvalue weighted by molar-refractivity contribution is 0.0377. The zero-order valence-electron chi connectivity index (χ0n) is 12.4. The normalized spacial score (nSPS) is 19.9. The Labute approximate surface area is 129 Å². The number of hydrogen-bond donors (Lipinski definition) is 1. The summed E-state index contributed by atoms with van der Waals surface area (Å²) < 4.78 is 29.5. The largest absolute Gasteiger partial charge is 0.493 e. The predicted molar refractivity (Wildman–Crippen MR) is 77.8 cm³/mol. The Morgan fingerprint density at radius 2 is 1.86 bits per heavy atom. The molecule has 0 bridgehead atoms. The Kier molecular flexibility index (Phi) is 5.28. The Hall–Kier alpha value is -1.69. The van der Waals surface area contributed by atoms with Crippen LogP contribution in [0, 0.1) is 11.2 Å². The molecule has 7 heteroatoms. The van der Waals surface area contributed by atoms with Gasteiger partial charge in [-0.2, -0.15) is 0 Å². The molecule has 1 saturated heterocycles. The molecule has 0 aliphatic carbocycles. The van der Waals surface area contributed by atoms with Crippen LogP contribution in [0.2, 0.25) is 0 Å². The van der Waals surface area contributed by atoms with Gasteiger partial charge < -0.3 is 19.5 Å². The molecule has 0 saturated carbocycles. The highest BCUT2D eigenvalue weighted by Crippen LogP contribution is 2.41. The first-order valence-corrected chi connectivity index (χ1v) is 6.23. The molecule has 1 aromatic carbocycles. The summed E-state index contributed by atoms with van der Waals surface area (Å²) in [5, 5.41) is 2.66. The maximum absolute atomic E-state index is 14.3. The molecule has 1 atom stereocenters. The molecule has 1 aliphatic heterocycles. The number of alkyl carbamates (subject to hydrolysis) is 1. The van der Waals surface area contributed by atoms with Crippen molar-refractivity contribution in [3.05, 3.63) is 23.5 Å². The predicted octanol–water partition coefficient (Wildman–Crippen LogP) is 3.07. The number of halogens is 2. The maximum Gasteiger partial charge on any atom is 0.407 e. The van der Waals surface area contributed by atoms with Crippen LogP contribution in [0.1, 0.15) is 25.5 Å². The summed E-state index contributed by atoms with van der Waals surface area (Å²) in [6.45, 7) is 4.01. The van der Waals surface area contributed by atoms with E-state index in [-0.39, 0.29) is 19.0 Å². The molecule has 0 aromatic heterocycles. The van der Waals surface area contributed by atoms with E-state index in [4.69, 9.17) is 14.2 Å². The van der Waals surface area contributed by atoms with Crippen LogP contribution in [0.25, 0.3) is 0 Å². The Balaban J connectivity index is 0.00000220. The van der Waals surface area contributed by atoms with E-state index in [1.54, 1.807) is 6.07 Å². The molecule has 0 radical (unpaired) electrons. The van der Waals surface area contributed by atoms with Crippen molar-refractivity contribution in [2.24, 2.45) is 5.41 Å². The van der Waals surface area contributed by atoms with Crippen LogP contribution in [-0.4, -0.2) is 26.9 Å². The molecule has 1 aliphatic rings. The third-order valence-electron chi connectivity index (χ3n) is 3.43. The van der Waals surface area contributed by atoms with Crippen molar-refractivity contribution in [1.29, 1.82) is 0 Å². The van der Waals surface area contributed by atoms with Gasteiger partial charge in [0.15, 0.2) is 11.5 Å². The van der Waals surface area contributed by atoms with Gasteiger partial charge in [-0.25, -0.2) is 9.18 Å². The van der Waals surface area contributed by atoms with E-state index in [9.17, 15) is 9.18 Å². The first kappa shape index (κ1) is 17.4. The number of carbonyl (C=O) groups excluding carboxylic acids is 1. The lowest BCUT2D eigenvalue weighted by Crippen LogP contribution is -2.47. The van der Waals surface area contributed by atoms with Crippen molar-refractivity contribution in [3.63, 3.8) is 0 Å². The Morgan fingerprint density at radius 1 is 1.29 bits per heavy atom. The molecule has 2 rings (SSSR count). The van der Waals surface area contributed by atoms with Crippen molar-refractivity contribution in [2.75, 3.05) is 20.8 Å². The van der Waals surface area contributed by atoms with Crippen LogP contribution in [0.4, 0.5) is 9.18 Å². The third-order valence-corrected chi connectivity index (χ3v) is 3.43. The highest BCUT2D eigenvalue weighted by atomic mass is 35.5. The molecule has 1 aromatic rings. The van der Waals surface area contributed by atoms with Crippen LogP contribution in [-0.2, 0) is 4.74 Å². The van der Waals surface area contributed by atoms with E-state index < -0.39 is 23.4 Å². The van der Waals surface area contributed by atoms with Crippen molar-refractivity contribution >= 4 is 18.5 Å². The molecule has 0 unspecified atom stereocenters. The highest BCUT2D eigenvalue weighted by Gasteiger charge is 2.39. The van der Waals surface area contributed by atoms with Gasteiger partial charge >= 0.3 is 6.09 Å². The fraction of sp³-hybridized carbons (Fsp3) is 0.500. The van der Waals surface area contributed by atoms with Gasteiger partial charge in [0, 0.05) is 17.0 Å². The summed E-state index contributed by atoms with van der Waals surface area (Å²) in [6.07, 6.45) is -0.552. The lowest BCUT2D eigenvalue weighted by Gasteiger charge is -2.38. The topological polar surface area (TPSA) is 56.8 Å². The SMILES string of the molecule is COc1cc(F)c([C@@H]2NC(=O)OCC2(C)C)cc1OC.Cl. The number of hydrogen-bond acceptors (Lipinski definition) is 4. The fourth-order valence-electron chi connectivity index (χ4n) is 2.28. The second-order valence-corrected chi connectivity index (χ2v) is 5.37. The van der Waals surface area contributed by atoms with E-state index in [1.807, 2.05) is 13.8 Å². The Morgan fingerprint density at radius 3 is 2.43 bits per heavy atom. The number of rotatable bonds is 3. The minimum Gasteiger partial charge on any atom is -0.493 e. The standard InChI is InChI=1S/C14H18FNO4.ClH/c1-14(2)7-20-13(17)16-12(14)8-5-10(18-3)11(19-4)6-9(8)15;/h5-6,12H,7H2,1-4H3,(H,16,17);1H/t12-;/m0./s1. The van der Waals surface area contributed by atoms with Gasteiger partial charge in [0.2, 0.25) is 0 Å². The summed E-state index contributed by atoms with van der Waals surface area (Å²) in [5.41, 5.74) is -0.0850. The van der Waals surface area contributed by atoms with Crippen LogP contribution in [0.3, 0.4) is 0 Å². The van der Waals surface area contributed by atoms with Gasteiger partial charge in [0.1, 0.15) is 12.4 Å². The summed E-state index contributed by atoms with van der Waals surface area (Å²) in [7, 11) is 2.92. The lowest BCUT2D eigenvalue weighted by atomic mass is 9.80. The molecule has 118 valence electrons. The zero-order chi connectivity index (χ0) is 14.9. The average molecular weight is 320 g/mol. The van der Waals surface area contributed by atoms with Crippen molar-refractivity contribution in [1.82, 2.24) is 5.32 Å². The number of cyclic esters (lactones) is 1. The molecule has 0 spiro atoms. The number of nitrogens with one attached hydrogen (secondary N) is 1. The van der Waals surface area contributed by atoms with E-state index in [0.717, 1.165) is 0 Å². The Bertz CT molecular complexity index is 536.